The third kappa shape index (κ3) is 2.79. The first kappa shape index (κ1) is 12.8. The van der Waals surface area contributed by atoms with Gasteiger partial charge in [-0.2, -0.15) is 10.2 Å². The molecular formula is C11H14N6O2. The van der Waals surface area contributed by atoms with Gasteiger partial charge in [0, 0.05) is 13.2 Å². The third-order valence-electron chi connectivity index (χ3n) is 2.53. The van der Waals surface area contributed by atoms with Crippen molar-refractivity contribution in [3.8, 4) is 0 Å². The Morgan fingerprint density at radius 1 is 1.47 bits per heavy atom. The van der Waals surface area contributed by atoms with Crippen molar-refractivity contribution in [2.45, 2.75) is 13.5 Å². The van der Waals surface area contributed by atoms with E-state index in [1.807, 2.05) is 6.92 Å². The van der Waals surface area contributed by atoms with Gasteiger partial charge in [-0.1, -0.05) is 0 Å². The smallest absolute Gasteiger partial charge is 0.269 e. The average molecular weight is 262 g/mol. The summed E-state index contributed by atoms with van der Waals surface area (Å²) in [6.45, 7) is 1.89. The van der Waals surface area contributed by atoms with Gasteiger partial charge in [0.15, 0.2) is 0 Å². The van der Waals surface area contributed by atoms with Gasteiger partial charge in [-0.25, -0.2) is 0 Å². The van der Waals surface area contributed by atoms with Crippen LogP contribution >= 0.6 is 0 Å². The number of carbonyl (C=O) groups excluding carboxylic acids is 2. The van der Waals surface area contributed by atoms with Gasteiger partial charge < -0.3 is 11.1 Å². The minimum atomic E-state index is -0.648. The maximum absolute atomic E-state index is 11.8. The Morgan fingerprint density at radius 3 is 2.79 bits per heavy atom. The number of nitrogens with two attached hydrogens (primary N) is 1. The number of nitrogens with one attached hydrogen (secondary N) is 1. The lowest BCUT2D eigenvalue weighted by atomic mass is 10.3. The quantitative estimate of drug-likeness (QED) is 0.785. The highest BCUT2D eigenvalue weighted by atomic mass is 16.2. The summed E-state index contributed by atoms with van der Waals surface area (Å²) in [5.74, 6) is -0.955. The van der Waals surface area contributed by atoms with Gasteiger partial charge in [-0.05, 0) is 13.0 Å². The molecule has 0 aliphatic carbocycles. The molecule has 0 aliphatic rings. The van der Waals surface area contributed by atoms with E-state index in [0.29, 0.717) is 5.69 Å². The summed E-state index contributed by atoms with van der Waals surface area (Å²) in [6.07, 6.45) is 3.08. The van der Waals surface area contributed by atoms with E-state index in [1.54, 1.807) is 19.3 Å². The molecule has 0 spiro atoms. The van der Waals surface area contributed by atoms with E-state index in [4.69, 9.17) is 5.73 Å². The lowest BCUT2D eigenvalue weighted by molar-refractivity contribution is -0.116. The number of nitrogens with zero attached hydrogens (tertiary/aromatic N) is 4. The van der Waals surface area contributed by atoms with Crippen molar-refractivity contribution < 1.29 is 9.59 Å². The van der Waals surface area contributed by atoms with Gasteiger partial charge in [0.05, 0.1) is 17.6 Å². The molecule has 0 aliphatic heterocycles. The van der Waals surface area contributed by atoms with E-state index in [9.17, 15) is 9.59 Å². The van der Waals surface area contributed by atoms with E-state index in [0.717, 1.165) is 5.69 Å². The van der Waals surface area contributed by atoms with Gasteiger partial charge in [0.2, 0.25) is 5.91 Å². The summed E-state index contributed by atoms with van der Waals surface area (Å²) in [7, 11) is 1.58. The highest BCUT2D eigenvalue weighted by Crippen LogP contribution is 2.13. The first-order valence-corrected chi connectivity index (χ1v) is 5.59. The van der Waals surface area contributed by atoms with Gasteiger partial charge >= 0.3 is 0 Å². The van der Waals surface area contributed by atoms with E-state index in [1.165, 1.54) is 15.6 Å². The number of rotatable bonds is 4. The zero-order valence-corrected chi connectivity index (χ0v) is 10.6. The number of aromatic nitrogens is 4. The first-order chi connectivity index (χ1) is 8.97. The Kier molecular flexibility index (Phi) is 3.32. The summed E-state index contributed by atoms with van der Waals surface area (Å²) >= 11 is 0. The number of amides is 2. The van der Waals surface area contributed by atoms with Crippen LogP contribution in [0.4, 0.5) is 5.69 Å². The Morgan fingerprint density at radius 2 is 2.21 bits per heavy atom. The number of anilines is 1. The zero-order chi connectivity index (χ0) is 14.0. The molecule has 2 aromatic rings. The second-order valence-electron chi connectivity index (χ2n) is 4.10. The fraction of sp³-hybridized carbons (Fsp3) is 0.273. The second kappa shape index (κ2) is 4.92. The van der Waals surface area contributed by atoms with Crippen molar-refractivity contribution in [1.29, 1.82) is 0 Å². The molecule has 19 heavy (non-hydrogen) atoms. The highest BCUT2D eigenvalue weighted by Gasteiger charge is 2.16. The number of hydrogen-bond acceptors (Lipinski definition) is 4. The van der Waals surface area contributed by atoms with Crippen LogP contribution in [0.25, 0.3) is 0 Å². The molecule has 0 unspecified atom stereocenters. The molecule has 2 heterocycles. The minimum Gasteiger partial charge on any atom is -0.364 e. The lowest BCUT2D eigenvalue weighted by Gasteiger charge is -2.05. The molecular weight excluding hydrogens is 248 g/mol. The van der Waals surface area contributed by atoms with Gasteiger partial charge in [-0.15, -0.1) is 0 Å². The van der Waals surface area contributed by atoms with Gasteiger partial charge in [0.25, 0.3) is 5.91 Å². The molecule has 0 aromatic carbocycles. The average Bonchev–Trinajstić information content (AvgIpc) is 2.85. The summed E-state index contributed by atoms with van der Waals surface area (Å²) in [4.78, 5) is 23.1. The summed E-state index contributed by atoms with van der Waals surface area (Å²) in [6, 6.07) is 1.80. The van der Waals surface area contributed by atoms with Crippen molar-refractivity contribution in [3.63, 3.8) is 0 Å². The lowest BCUT2D eigenvalue weighted by Crippen LogP contribution is -2.22. The van der Waals surface area contributed by atoms with E-state index >= 15 is 0 Å². The van der Waals surface area contributed by atoms with Crippen molar-refractivity contribution in [1.82, 2.24) is 19.6 Å². The van der Waals surface area contributed by atoms with Crippen LogP contribution in [-0.4, -0.2) is 31.4 Å². The fourth-order valence-electron chi connectivity index (χ4n) is 1.71. The molecule has 8 heteroatoms. The van der Waals surface area contributed by atoms with E-state index in [2.05, 4.69) is 15.5 Å². The summed E-state index contributed by atoms with van der Waals surface area (Å²) in [5, 5.41) is 10.6. The van der Waals surface area contributed by atoms with Gasteiger partial charge in [-0.3, -0.25) is 19.0 Å². The van der Waals surface area contributed by atoms with Crippen LogP contribution in [-0.2, 0) is 18.4 Å². The monoisotopic (exact) mass is 262 g/mol. The third-order valence-corrected chi connectivity index (χ3v) is 2.53. The van der Waals surface area contributed by atoms with Crippen molar-refractivity contribution in [3.05, 3.63) is 29.8 Å². The molecule has 2 rings (SSSR count). The largest absolute Gasteiger partial charge is 0.364 e. The molecule has 0 bridgehead atoms. The van der Waals surface area contributed by atoms with Crippen molar-refractivity contribution >= 4 is 17.5 Å². The van der Waals surface area contributed by atoms with Crippen LogP contribution in [0.3, 0.4) is 0 Å². The standard InChI is InChI=1S/C11H14N6O2/c1-7-3-4-17(15-7)6-9(18)14-8-5-13-16(2)10(8)11(12)19/h3-5H,6H2,1-2H3,(H2,12,19)(H,14,18). The molecule has 2 aromatic heterocycles. The molecule has 3 N–H and O–H groups in total. The van der Waals surface area contributed by atoms with Crippen LogP contribution in [0.5, 0.6) is 0 Å². The number of primary amides is 1. The summed E-state index contributed by atoms with van der Waals surface area (Å²) < 4.78 is 2.82. The minimum absolute atomic E-state index is 0.0565. The highest BCUT2D eigenvalue weighted by molar-refractivity contribution is 6.01. The Balaban J connectivity index is 2.09. The molecule has 2 amide bonds. The second-order valence-corrected chi connectivity index (χ2v) is 4.10. The fourth-order valence-corrected chi connectivity index (χ4v) is 1.71. The van der Waals surface area contributed by atoms with E-state index < -0.39 is 5.91 Å². The predicted molar refractivity (Wildman–Crippen MR) is 67.3 cm³/mol. The van der Waals surface area contributed by atoms with E-state index in [-0.39, 0.29) is 18.1 Å². The molecule has 0 saturated heterocycles. The zero-order valence-electron chi connectivity index (χ0n) is 10.6. The number of aryl methyl sites for hydroxylation is 2. The maximum atomic E-state index is 11.8. The Bertz CT molecular complexity index is 627. The molecule has 0 radical (unpaired) electrons. The molecule has 100 valence electrons. The normalized spacial score (nSPS) is 10.4. The Labute approximate surface area is 109 Å². The first-order valence-electron chi connectivity index (χ1n) is 5.59. The summed E-state index contributed by atoms with van der Waals surface area (Å²) in [5.41, 5.74) is 6.50. The molecule has 0 atom stereocenters. The van der Waals surface area contributed by atoms with Crippen LogP contribution in [0.2, 0.25) is 0 Å². The number of hydrogen-bond donors (Lipinski definition) is 2. The number of carbonyl (C=O) groups is 2. The predicted octanol–water partition coefficient (Wildman–Crippen LogP) is -0.337. The molecule has 8 nitrogen and oxygen atoms in total. The maximum Gasteiger partial charge on any atom is 0.269 e. The Hall–Kier alpha value is -2.64. The topological polar surface area (TPSA) is 108 Å². The van der Waals surface area contributed by atoms with Crippen LogP contribution in [0.1, 0.15) is 16.2 Å². The molecule has 0 saturated carbocycles. The SMILES string of the molecule is Cc1ccn(CC(=O)Nc2cnn(C)c2C(N)=O)n1. The van der Waals surface area contributed by atoms with Crippen molar-refractivity contribution in [2.75, 3.05) is 5.32 Å². The van der Waals surface area contributed by atoms with Crippen LogP contribution < -0.4 is 11.1 Å². The van der Waals surface area contributed by atoms with Crippen LogP contribution in [0.15, 0.2) is 18.5 Å². The molecule has 0 fully saturated rings. The van der Waals surface area contributed by atoms with Crippen molar-refractivity contribution in [2.24, 2.45) is 12.8 Å². The van der Waals surface area contributed by atoms with Gasteiger partial charge in [0.1, 0.15) is 12.2 Å². The van der Waals surface area contributed by atoms with Crippen LogP contribution in [0, 0.1) is 6.92 Å².